The van der Waals surface area contributed by atoms with E-state index in [1.54, 1.807) is 6.08 Å². The van der Waals surface area contributed by atoms with E-state index in [0.717, 1.165) is 51.4 Å². The molecule has 57 heavy (non-hydrogen) atoms. The third kappa shape index (κ3) is 20.2. The van der Waals surface area contributed by atoms with Crippen molar-refractivity contribution in [1.29, 1.82) is 0 Å². The van der Waals surface area contributed by atoms with E-state index in [4.69, 9.17) is 18.9 Å². The fourth-order valence-corrected chi connectivity index (χ4v) is 7.47. The molecular weight excluding hydrogens is 738 g/mol. The molecule has 0 aliphatic carbocycles. The van der Waals surface area contributed by atoms with Gasteiger partial charge < -0.3 is 65.1 Å². The molecule has 0 aromatic rings. The van der Waals surface area contributed by atoms with Crippen molar-refractivity contribution in [2.75, 3.05) is 19.8 Å². The molecule has 2 rings (SSSR count). The van der Waals surface area contributed by atoms with E-state index < -0.39 is 86.8 Å². The summed E-state index contributed by atoms with van der Waals surface area (Å²) in [4.78, 5) is 13.0. The maximum atomic E-state index is 13.0. The Kier molecular flexibility index (Phi) is 28.7. The summed E-state index contributed by atoms with van der Waals surface area (Å²) in [5.74, 6) is -0.244. The lowest BCUT2D eigenvalue weighted by atomic mass is 9.97. The van der Waals surface area contributed by atoms with E-state index in [0.29, 0.717) is 6.42 Å². The topological polar surface area (TPSA) is 228 Å². The average molecular weight is 820 g/mol. The number of allylic oxidation sites excluding steroid dienone is 1. The van der Waals surface area contributed by atoms with Crippen molar-refractivity contribution in [3.05, 3.63) is 12.2 Å². The number of hydrogen-bond donors (Lipinski definition) is 9. The van der Waals surface area contributed by atoms with Crippen molar-refractivity contribution in [2.24, 2.45) is 0 Å². The van der Waals surface area contributed by atoms with Crippen molar-refractivity contribution in [1.82, 2.24) is 5.32 Å². The van der Waals surface area contributed by atoms with Crippen LogP contribution in [0.3, 0.4) is 0 Å². The van der Waals surface area contributed by atoms with Crippen LogP contribution in [0, 0.1) is 0 Å². The van der Waals surface area contributed by atoms with Crippen LogP contribution in [-0.4, -0.2) is 140 Å². The van der Waals surface area contributed by atoms with E-state index in [1.807, 2.05) is 6.08 Å². The molecule has 0 spiro atoms. The van der Waals surface area contributed by atoms with E-state index in [9.17, 15) is 45.6 Å². The molecule has 0 saturated carbocycles. The van der Waals surface area contributed by atoms with Crippen LogP contribution >= 0.6 is 0 Å². The molecule has 2 heterocycles. The maximum Gasteiger partial charge on any atom is 0.220 e. The number of hydrogen-bond acceptors (Lipinski definition) is 13. The molecule has 12 atom stereocenters. The fourth-order valence-electron chi connectivity index (χ4n) is 7.47. The highest BCUT2D eigenvalue weighted by atomic mass is 16.7. The number of carbonyl (C=O) groups is 1. The van der Waals surface area contributed by atoms with Crippen LogP contribution in [0.15, 0.2) is 12.2 Å². The Morgan fingerprint density at radius 3 is 1.61 bits per heavy atom. The molecule has 0 radical (unpaired) electrons. The summed E-state index contributed by atoms with van der Waals surface area (Å²) in [6, 6.07) is -0.904. The van der Waals surface area contributed by atoms with E-state index in [2.05, 4.69) is 19.2 Å². The predicted molar refractivity (Wildman–Crippen MR) is 217 cm³/mol. The van der Waals surface area contributed by atoms with Gasteiger partial charge >= 0.3 is 0 Å². The molecule has 2 aliphatic heterocycles. The molecule has 9 N–H and O–H groups in total. The van der Waals surface area contributed by atoms with Gasteiger partial charge in [-0.05, 0) is 19.3 Å². The van der Waals surface area contributed by atoms with Crippen LogP contribution in [0.1, 0.15) is 162 Å². The Balaban J connectivity index is 1.81. The van der Waals surface area contributed by atoms with Crippen molar-refractivity contribution in [2.45, 2.75) is 235 Å². The second-order valence-electron chi connectivity index (χ2n) is 16.2. The third-order valence-electron chi connectivity index (χ3n) is 11.2. The van der Waals surface area contributed by atoms with Crippen LogP contribution in [0.25, 0.3) is 0 Å². The van der Waals surface area contributed by atoms with Gasteiger partial charge in [0.1, 0.15) is 48.8 Å². The quantitative estimate of drug-likeness (QED) is 0.0337. The molecule has 2 saturated heterocycles. The fraction of sp³-hybridized carbons (Fsp3) is 0.930. The molecule has 0 bridgehead atoms. The summed E-state index contributed by atoms with van der Waals surface area (Å²) < 4.78 is 22.5. The lowest BCUT2D eigenvalue weighted by Gasteiger charge is -2.46. The summed E-state index contributed by atoms with van der Waals surface area (Å²) in [6.07, 6.45) is 13.0. The number of aliphatic hydroxyl groups excluding tert-OH is 8. The van der Waals surface area contributed by atoms with Gasteiger partial charge in [0.25, 0.3) is 0 Å². The third-order valence-corrected chi connectivity index (χ3v) is 11.2. The minimum absolute atomic E-state index is 0.244. The van der Waals surface area contributed by atoms with Crippen LogP contribution in [-0.2, 0) is 23.7 Å². The summed E-state index contributed by atoms with van der Waals surface area (Å²) in [7, 11) is 0. The van der Waals surface area contributed by atoms with E-state index in [-0.39, 0.29) is 18.9 Å². The molecule has 14 nitrogen and oxygen atoms in total. The van der Waals surface area contributed by atoms with Gasteiger partial charge in [-0.25, -0.2) is 0 Å². The van der Waals surface area contributed by atoms with Gasteiger partial charge in [-0.15, -0.1) is 0 Å². The molecule has 2 fully saturated rings. The molecule has 14 heteroatoms. The first-order valence-electron chi connectivity index (χ1n) is 22.4. The van der Waals surface area contributed by atoms with Gasteiger partial charge in [0.05, 0.1) is 32.0 Å². The van der Waals surface area contributed by atoms with E-state index in [1.165, 1.54) is 83.5 Å². The first kappa shape index (κ1) is 51.9. The van der Waals surface area contributed by atoms with Crippen molar-refractivity contribution in [3.63, 3.8) is 0 Å². The van der Waals surface area contributed by atoms with Crippen molar-refractivity contribution >= 4 is 5.91 Å². The molecule has 2 aliphatic rings. The minimum Gasteiger partial charge on any atom is -0.394 e. The van der Waals surface area contributed by atoms with Crippen LogP contribution in [0.2, 0.25) is 0 Å². The molecule has 336 valence electrons. The molecule has 12 unspecified atom stereocenters. The maximum absolute atomic E-state index is 13.0. The number of unbranched alkanes of at least 4 members (excludes halogenated alkanes) is 20. The van der Waals surface area contributed by atoms with Gasteiger partial charge in [0.15, 0.2) is 12.6 Å². The zero-order valence-electron chi connectivity index (χ0n) is 35.1. The van der Waals surface area contributed by atoms with Gasteiger partial charge in [-0.1, -0.05) is 148 Å². The Bertz CT molecular complexity index is 1020. The zero-order chi connectivity index (χ0) is 41.8. The molecule has 0 aromatic heterocycles. The predicted octanol–water partition coefficient (Wildman–Crippen LogP) is 4.04. The Hall–Kier alpha value is -1.27. The highest BCUT2D eigenvalue weighted by Gasteiger charge is 2.50. The highest BCUT2D eigenvalue weighted by Crippen LogP contribution is 2.30. The molecular formula is C43H81NO13. The van der Waals surface area contributed by atoms with Gasteiger partial charge in [-0.3, -0.25) is 4.79 Å². The highest BCUT2D eigenvalue weighted by molar-refractivity contribution is 5.76. The summed E-state index contributed by atoms with van der Waals surface area (Å²) in [5, 5.41) is 86.0. The first-order valence-corrected chi connectivity index (χ1v) is 22.4. The second-order valence-corrected chi connectivity index (χ2v) is 16.2. The number of rotatable bonds is 33. The average Bonchev–Trinajstić information content (AvgIpc) is 3.21. The summed E-state index contributed by atoms with van der Waals surface area (Å²) >= 11 is 0. The summed E-state index contributed by atoms with van der Waals surface area (Å²) in [6.45, 7) is 2.68. The van der Waals surface area contributed by atoms with Crippen LogP contribution in [0.4, 0.5) is 0 Å². The van der Waals surface area contributed by atoms with E-state index >= 15 is 0 Å². The minimum atomic E-state index is -1.78. The standard InChI is InChI=1S/C43H81NO13/c1-3-5-7-9-11-12-13-14-15-16-17-18-19-20-21-23-25-27-35(48)44-31(32(47)26-24-22-10-8-6-4-2)30-54-42-40(53)38(51)41(34(29-46)56-42)57-43-39(52)37(50)36(49)33(28-45)55-43/h24,26,31-34,36-43,45-47,49-53H,3-23,25,27-30H2,1-2H3,(H,44,48)/b26-24+. The number of amides is 1. The first-order chi connectivity index (χ1) is 27.6. The van der Waals surface area contributed by atoms with Crippen molar-refractivity contribution < 1.29 is 64.6 Å². The number of carbonyl (C=O) groups excluding carboxylic acids is 1. The largest absolute Gasteiger partial charge is 0.394 e. The Morgan fingerprint density at radius 1 is 0.614 bits per heavy atom. The lowest BCUT2D eigenvalue weighted by Crippen LogP contribution is -2.65. The monoisotopic (exact) mass is 820 g/mol. The molecule has 1 amide bonds. The Morgan fingerprint density at radius 2 is 1.09 bits per heavy atom. The normalized spacial score (nSPS) is 29.2. The zero-order valence-corrected chi connectivity index (χ0v) is 35.1. The second kappa shape index (κ2) is 31.6. The van der Waals surface area contributed by atoms with Gasteiger partial charge in [-0.2, -0.15) is 0 Å². The lowest BCUT2D eigenvalue weighted by molar-refractivity contribution is -0.359. The van der Waals surface area contributed by atoms with Gasteiger partial charge in [0, 0.05) is 6.42 Å². The Labute approximate surface area is 342 Å². The van der Waals surface area contributed by atoms with Crippen LogP contribution in [0.5, 0.6) is 0 Å². The summed E-state index contributed by atoms with van der Waals surface area (Å²) in [5.41, 5.74) is 0. The molecule has 0 aromatic carbocycles. The van der Waals surface area contributed by atoms with Crippen molar-refractivity contribution in [3.8, 4) is 0 Å². The SMILES string of the molecule is CCCCCC/C=C/C(O)C(COC1OC(CO)C(OC2OC(CO)C(O)C(O)C2O)C(O)C1O)NC(=O)CCCCCCCCCCCCCCCCCCC. The van der Waals surface area contributed by atoms with Crippen LogP contribution < -0.4 is 5.32 Å². The number of aliphatic hydroxyl groups is 8. The van der Waals surface area contributed by atoms with Gasteiger partial charge in [0.2, 0.25) is 5.91 Å². The number of nitrogens with one attached hydrogen (secondary N) is 1. The number of ether oxygens (including phenoxy) is 4. The smallest absolute Gasteiger partial charge is 0.220 e.